The number of aliphatic hydroxyl groups is 1. The molecule has 0 aromatic heterocycles. The Kier molecular flexibility index (Phi) is 5.34. The molecule has 3 nitrogen and oxygen atoms in total. The predicted octanol–water partition coefficient (Wildman–Crippen LogP) is 4.29. The van der Waals surface area contributed by atoms with Crippen LogP contribution in [0.5, 0.6) is 11.5 Å². The van der Waals surface area contributed by atoms with Crippen molar-refractivity contribution in [3.8, 4) is 11.5 Å². The van der Waals surface area contributed by atoms with Gasteiger partial charge in [0.05, 0.1) is 30.4 Å². The van der Waals surface area contributed by atoms with Gasteiger partial charge in [0, 0.05) is 12.0 Å². The highest BCUT2D eigenvalue weighted by Crippen LogP contribution is 2.33. The lowest BCUT2D eigenvalue weighted by Crippen LogP contribution is -2.03. The molecule has 21 heavy (non-hydrogen) atoms. The highest BCUT2D eigenvalue weighted by Gasteiger charge is 2.15. The predicted molar refractivity (Wildman–Crippen MR) is 84.7 cm³/mol. The first-order valence-corrected chi connectivity index (χ1v) is 7.15. The fraction of sp³-hybridized carbons (Fsp3) is 0.250. The van der Waals surface area contributed by atoms with E-state index in [-0.39, 0.29) is 0 Å². The molecule has 0 aliphatic rings. The Bertz CT molecular complexity index is 629. The van der Waals surface area contributed by atoms with Crippen LogP contribution in [-0.4, -0.2) is 19.3 Å². The smallest absolute Gasteiger partial charge is 0.160 e. The molecule has 0 spiro atoms. The van der Waals surface area contributed by atoms with Crippen LogP contribution >= 0.6 is 23.2 Å². The van der Waals surface area contributed by atoms with Crippen LogP contribution in [0.1, 0.15) is 17.2 Å². The molecular formula is C16H16Cl2O3. The Labute approximate surface area is 134 Å². The molecule has 0 heterocycles. The summed E-state index contributed by atoms with van der Waals surface area (Å²) < 4.78 is 10.4. The van der Waals surface area contributed by atoms with Gasteiger partial charge >= 0.3 is 0 Å². The van der Waals surface area contributed by atoms with Gasteiger partial charge in [-0.25, -0.2) is 0 Å². The average Bonchev–Trinajstić information content (AvgIpc) is 2.49. The van der Waals surface area contributed by atoms with Crippen molar-refractivity contribution >= 4 is 23.2 Å². The zero-order valence-electron chi connectivity index (χ0n) is 11.8. The molecule has 1 atom stereocenters. The zero-order chi connectivity index (χ0) is 15.4. The molecule has 2 aromatic carbocycles. The number of halogens is 2. The first-order chi connectivity index (χ1) is 10.1. The van der Waals surface area contributed by atoms with E-state index in [9.17, 15) is 5.11 Å². The number of benzene rings is 2. The topological polar surface area (TPSA) is 38.7 Å². The quantitative estimate of drug-likeness (QED) is 0.890. The van der Waals surface area contributed by atoms with Gasteiger partial charge in [-0.15, -0.1) is 0 Å². The fourth-order valence-electron chi connectivity index (χ4n) is 2.12. The lowest BCUT2D eigenvalue weighted by molar-refractivity contribution is 0.178. The van der Waals surface area contributed by atoms with E-state index < -0.39 is 6.10 Å². The van der Waals surface area contributed by atoms with E-state index in [1.54, 1.807) is 38.5 Å². The molecule has 0 aliphatic carbocycles. The van der Waals surface area contributed by atoms with Gasteiger partial charge in [0.2, 0.25) is 0 Å². The van der Waals surface area contributed by atoms with Crippen LogP contribution in [0.25, 0.3) is 0 Å². The summed E-state index contributed by atoms with van der Waals surface area (Å²) in [7, 11) is 3.16. The van der Waals surface area contributed by atoms with Crippen molar-refractivity contribution in [2.24, 2.45) is 0 Å². The van der Waals surface area contributed by atoms with Crippen LogP contribution in [0.2, 0.25) is 10.0 Å². The second-order valence-electron chi connectivity index (χ2n) is 4.55. The minimum absolute atomic E-state index is 0.382. The van der Waals surface area contributed by atoms with Gasteiger partial charge in [0.15, 0.2) is 11.5 Å². The molecule has 0 saturated heterocycles. The summed E-state index contributed by atoms with van der Waals surface area (Å²) in [5.74, 6) is 1.27. The Morgan fingerprint density at radius 1 is 1.05 bits per heavy atom. The third-order valence-corrected chi connectivity index (χ3v) is 4.05. The summed E-state index contributed by atoms with van der Waals surface area (Å²) in [5.41, 5.74) is 1.52. The SMILES string of the molecule is COc1ccc(CC(O)c2cccc(Cl)c2Cl)cc1OC. The van der Waals surface area contributed by atoms with E-state index in [0.29, 0.717) is 33.5 Å². The molecule has 0 saturated carbocycles. The average molecular weight is 327 g/mol. The van der Waals surface area contributed by atoms with Crippen LogP contribution in [0.3, 0.4) is 0 Å². The lowest BCUT2D eigenvalue weighted by Gasteiger charge is -2.15. The highest BCUT2D eigenvalue weighted by atomic mass is 35.5. The molecule has 0 aliphatic heterocycles. The summed E-state index contributed by atoms with van der Waals surface area (Å²) >= 11 is 12.1. The van der Waals surface area contributed by atoms with Crippen molar-refractivity contribution in [2.45, 2.75) is 12.5 Å². The minimum Gasteiger partial charge on any atom is -0.493 e. The van der Waals surface area contributed by atoms with Gasteiger partial charge in [0.25, 0.3) is 0 Å². The number of aliphatic hydroxyl groups excluding tert-OH is 1. The molecule has 2 rings (SSSR count). The summed E-state index contributed by atoms with van der Waals surface area (Å²) in [6.45, 7) is 0. The summed E-state index contributed by atoms with van der Waals surface area (Å²) in [4.78, 5) is 0. The Morgan fingerprint density at radius 2 is 1.76 bits per heavy atom. The molecule has 1 N–H and O–H groups in total. The summed E-state index contributed by atoms with van der Waals surface area (Å²) in [5, 5.41) is 11.2. The van der Waals surface area contributed by atoms with Crippen LogP contribution in [0, 0.1) is 0 Å². The second-order valence-corrected chi connectivity index (χ2v) is 5.34. The number of rotatable bonds is 5. The van der Waals surface area contributed by atoms with Crippen LogP contribution in [-0.2, 0) is 6.42 Å². The highest BCUT2D eigenvalue weighted by molar-refractivity contribution is 6.42. The standard InChI is InChI=1S/C16H16Cl2O3/c1-20-14-7-6-10(9-15(14)21-2)8-13(19)11-4-3-5-12(17)16(11)18/h3-7,9,13,19H,8H2,1-2H3. The van der Waals surface area contributed by atoms with Gasteiger partial charge in [-0.05, 0) is 23.8 Å². The lowest BCUT2D eigenvalue weighted by atomic mass is 10.0. The first-order valence-electron chi connectivity index (χ1n) is 6.39. The van der Waals surface area contributed by atoms with Crippen molar-refractivity contribution in [3.05, 3.63) is 57.6 Å². The monoisotopic (exact) mass is 326 g/mol. The van der Waals surface area contributed by atoms with Crippen molar-refractivity contribution in [1.82, 2.24) is 0 Å². The summed E-state index contributed by atoms with van der Waals surface area (Å²) in [6.07, 6.45) is -0.338. The number of hydrogen-bond donors (Lipinski definition) is 1. The first kappa shape index (κ1) is 16.0. The van der Waals surface area contributed by atoms with Crippen LogP contribution in [0.15, 0.2) is 36.4 Å². The van der Waals surface area contributed by atoms with Crippen molar-refractivity contribution in [3.63, 3.8) is 0 Å². The van der Waals surface area contributed by atoms with Gasteiger partial charge in [-0.3, -0.25) is 0 Å². The van der Waals surface area contributed by atoms with E-state index in [0.717, 1.165) is 5.56 Å². The van der Waals surface area contributed by atoms with Crippen LogP contribution in [0.4, 0.5) is 0 Å². The minimum atomic E-state index is -0.741. The molecular weight excluding hydrogens is 311 g/mol. The molecule has 5 heteroatoms. The summed E-state index contributed by atoms with van der Waals surface area (Å²) in [6, 6.07) is 10.7. The van der Waals surface area contributed by atoms with E-state index >= 15 is 0 Å². The van der Waals surface area contributed by atoms with Crippen LogP contribution < -0.4 is 9.47 Å². The zero-order valence-corrected chi connectivity index (χ0v) is 13.3. The van der Waals surface area contributed by atoms with Crippen molar-refractivity contribution in [1.29, 1.82) is 0 Å². The molecule has 0 fully saturated rings. The van der Waals surface area contributed by atoms with E-state index in [1.165, 1.54) is 0 Å². The third kappa shape index (κ3) is 3.62. The van der Waals surface area contributed by atoms with E-state index in [2.05, 4.69) is 0 Å². The number of hydrogen-bond acceptors (Lipinski definition) is 3. The van der Waals surface area contributed by atoms with Gasteiger partial charge in [-0.1, -0.05) is 41.4 Å². The van der Waals surface area contributed by atoms with E-state index in [1.807, 2.05) is 12.1 Å². The molecule has 112 valence electrons. The van der Waals surface area contributed by atoms with Gasteiger partial charge < -0.3 is 14.6 Å². The Morgan fingerprint density at radius 3 is 2.43 bits per heavy atom. The molecule has 0 radical (unpaired) electrons. The van der Waals surface area contributed by atoms with E-state index in [4.69, 9.17) is 32.7 Å². The Balaban J connectivity index is 2.23. The molecule has 0 amide bonds. The largest absolute Gasteiger partial charge is 0.493 e. The molecule has 2 aromatic rings. The maximum absolute atomic E-state index is 10.4. The van der Waals surface area contributed by atoms with Gasteiger partial charge in [0.1, 0.15) is 0 Å². The normalized spacial score (nSPS) is 12.0. The molecule has 0 bridgehead atoms. The maximum Gasteiger partial charge on any atom is 0.160 e. The van der Waals surface area contributed by atoms with Crippen molar-refractivity contribution in [2.75, 3.05) is 14.2 Å². The number of methoxy groups -OCH3 is 2. The second kappa shape index (κ2) is 7.03. The number of ether oxygens (including phenoxy) is 2. The maximum atomic E-state index is 10.4. The third-order valence-electron chi connectivity index (χ3n) is 3.22. The fourth-order valence-corrected chi connectivity index (χ4v) is 2.55. The van der Waals surface area contributed by atoms with Gasteiger partial charge in [-0.2, -0.15) is 0 Å². The molecule has 1 unspecified atom stereocenters. The van der Waals surface area contributed by atoms with Crippen molar-refractivity contribution < 1.29 is 14.6 Å². The Hall–Kier alpha value is -1.42.